The highest BCUT2D eigenvalue weighted by molar-refractivity contribution is 7.89. The fraction of sp³-hybridized carbons (Fsp3) is 0.459. The molecule has 0 radical (unpaired) electrons. The Kier molecular flexibility index (Phi) is 14.1. The van der Waals surface area contributed by atoms with Gasteiger partial charge in [-0.3, -0.25) is 9.78 Å². The second-order valence-corrected chi connectivity index (χ2v) is 17.6. The van der Waals surface area contributed by atoms with Crippen LogP contribution in [0.25, 0.3) is 0 Å². The summed E-state index contributed by atoms with van der Waals surface area (Å²) >= 11 is 0. The number of ether oxygens (including phenoxy) is 1. The smallest absolute Gasteiger partial charge is 0.410 e. The van der Waals surface area contributed by atoms with E-state index < -0.39 is 31.6 Å². The molecule has 2 saturated heterocycles. The molecule has 2 aliphatic heterocycles. The summed E-state index contributed by atoms with van der Waals surface area (Å²) in [6, 6.07) is 17.0. The summed E-state index contributed by atoms with van der Waals surface area (Å²) < 4.78 is 50.5. The third kappa shape index (κ3) is 12.9. The first-order valence-corrected chi connectivity index (χ1v) is 20.6. The van der Waals surface area contributed by atoms with E-state index in [1.165, 1.54) is 42.8 Å². The number of hydrogen-bond donors (Lipinski definition) is 4. The van der Waals surface area contributed by atoms with Crippen LogP contribution in [0, 0.1) is 28.6 Å². The zero-order valence-electron chi connectivity index (χ0n) is 30.4. The second-order valence-electron chi connectivity index (χ2n) is 14.5. The van der Waals surface area contributed by atoms with Gasteiger partial charge in [-0.15, -0.1) is 0 Å². The van der Waals surface area contributed by atoms with Crippen molar-refractivity contribution in [2.75, 3.05) is 31.5 Å². The summed E-state index contributed by atoms with van der Waals surface area (Å²) in [6.07, 6.45) is 6.66. The summed E-state index contributed by atoms with van der Waals surface area (Å²) in [5, 5.41) is 25.5. The minimum Gasteiger partial charge on any atom is -0.443 e. The number of pyridine rings is 1. The number of hydrogen-bond acceptors (Lipinski definition) is 10. The third-order valence-electron chi connectivity index (χ3n) is 9.25. The SMILES string of the molecule is CC(C)(C)C(=O)Nc1cc(C#N)cnc1COC(=O)N1CCC(Cc2ccc(S(N)(=O)=O)cc2)CC1.NS(=O)(=O)c1ccc(CC2CCNCC2)cc1. The minimum absolute atomic E-state index is 0.0849. The number of sulfonamides is 2. The van der Waals surface area contributed by atoms with E-state index in [2.05, 4.69) is 15.6 Å². The zero-order chi connectivity index (χ0) is 38.8. The van der Waals surface area contributed by atoms with E-state index in [9.17, 15) is 31.7 Å². The molecule has 0 unspecified atom stereocenters. The van der Waals surface area contributed by atoms with Gasteiger partial charge in [0.2, 0.25) is 26.0 Å². The van der Waals surface area contributed by atoms with Crippen LogP contribution in [-0.2, 0) is 49.0 Å². The van der Waals surface area contributed by atoms with Crippen LogP contribution in [-0.4, -0.2) is 64.9 Å². The van der Waals surface area contributed by atoms with E-state index in [1.54, 1.807) is 49.9 Å². The number of piperidine rings is 2. The number of rotatable bonds is 9. The van der Waals surface area contributed by atoms with Crippen molar-refractivity contribution in [1.29, 1.82) is 5.26 Å². The molecule has 0 atom stereocenters. The molecule has 1 aromatic heterocycles. The molecule has 16 heteroatoms. The Bertz CT molecular complexity index is 1980. The predicted octanol–water partition coefficient (Wildman–Crippen LogP) is 4.05. The summed E-state index contributed by atoms with van der Waals surface area (Å²) in [5.74, 6) is 0.818. The van der Waals surface area contributed by atoms with E-state index in [0.29, 0.717) is 36.3 Å². The van der Waals surface area contributed by atoms with Crippen molar-refractivity contribution in [2.45, 2.75) is 75.7 Å². The molecular weight excluding hydrogens is 719 g/mol. The maximum Gasteiger partial charge on any atom is 0.410 e. The lowest BCUT2D eigenvalue weighted by molar-refractivity contribution is -0.123. The van der Waals surface area contributed by atoms with E-state index in [1.807, 2.05) is 18.2 Å². The molecule has 3 heterocycles. The molecular formula is C37H49N7O7S2. The van der Waals surface area contributed by atoms with Crippen LogP contribution < -0.4 is 20.9 Å². The molecule has 2 amide bonds. The summed E-state index contributed by atoms with van der Waals surface area (Å²) in [7, 11) is -7.27. The van der Waals surface area contributed by atoms with Crippen molar-refractivity contribution in [3.8, 4) is 6.07 Å². The van der Waals surface area contributed by atoms with Gasteiger partial charge in [0.05, 0.1) is 21.0 Å². The Morgan fingerprint density at radius 2 is 1.38 bits per heavy atom. The number of carbonyl (C=O) groups excluding carboxylic acids is 2. The number of primary sulfonamides is 2. The van der Waals surface area contributed by atoms with Gasteiger partial charge in [-0.25, -0.2) is 31.9 Å². The second kappa shape index (κ2) is 18.1. The average molecular weight is 768 g/mol. The summed E-state index contributed by atoms with van der Waals surface area (Å²) in [4.78, 5) is 31.2. The number of amides is 2. The van der Waals surface area contributed by atoms with Gasteiger partial charge in [-0.1, -0.05) is 45.0 Å². The highest BCUT2D eigenvalue weighted by Gasteiger charge is 2.26. The van der Waals surface area contributed by atoms with Gasteiger partial charge < -0.3 is 20.3 Å². The van der Waals surface area contributed by atoms with Crippen LogP contribution in [0.4, 0.5) is 10.5 Å². The van der Waals surface area contributed by atoms with Crippen molar-refractivity contribution in [3.63, 3.8) is 0 Å². The maximum absolute atomic E-state index is 12.7. The Balaban J connectivity index is 0.000000306. The molecule has 0 saturated carbocycles. The first-order chi connectivity index (χ1) is 24.9. The van der Waals surface area contributed by atoms with Crippen LogP contribution in [0.3, 0.4) is 0 Å². The van der Waals surface area contributed by atoms with Gasteiger partial charge in [-0.05, 0) is 105 Å². The highest BCUT2D eigenvalue weighted by Crippen LogP contribution is 2.25. The first-order valence-electron chi connectivity index (χ1n) is 17.5. The van der Waals surface area contributed by atoms with E-state index in [-0.39, 0.29) is 27.9 Å². The molecule has 3 aromatic rings. The Labute approximate surface area is 312 Å². The number of likely N-dealkylation sites (tertiary alicyclic amines) is 1. The van der Waals surface area contributed by atoms with Crippen LogP contribution in [0.1, 0.15) is 68.8 Å². The first kappa shape index (κ1) is 41.4. The minimum atomic E-state index is -3.71. The molecule has 2 aliphatic rings. The average Bonchev–Trinajstić information content (AvgIpc) is 3.11. The lowest BCUT2D eigenvalue weighted by atomic mass is 9.90. The van der Waals surface area contributed by atoms with Gasteiger partial charge in [0.25, 0.3) is 0 Å². The number of nitrogens with two attached hydrogens (primary N) is 2. The highest BCUT2D eigenvalue weighted by atomic mass is 32.2. The fourth-order valence-corrected chi connectivity index (χ4v) is 7.04. The van der Waals surface area contributed by atoms with Gasteiger partial charge in [0.1, 0.15) is 18.4 Å². The molecule has 0 spiro atoms. The number of benzene rings is 2. The molecule has 6 N–H and O–H groups in total. The molecule has 5 rings (SSSR count). The van der Waals surface area contributed by atoms with Gasteiger partial charge in [0, 0.05) is 24.7 Å². The number of aromatic nitrogens is 1. The normalized spacial score (nSPS) is 15.8. The largest absolute Gasteiger partial charge is 0.443 e. The summed E-state index contributed by atoms with van der Waals surface area (Å²) in [6.45, 7) is 8.41. The van der Waals surface area contributed by atoms with Crippen LogP contribution in [0.2, 0.25) is 0 Å². The number of nitrogens with one attached hydrogen (secondary N) is 2. The number of carbonyl (C=O) groups is 2. The van der Waals surface area contributed by atoms with Crippen molar-refractivity contribution >= 4 is 37.7 Å². The van der Waals surface area contributed by atoms with Crippen molar-refractivity contribution < 1.29 is 31.2 Å². The predicted molar refractivity (Wildman–Crippen MR) is 200 cm³/mol. The Morgan fingerprint density at radius 1 is 0.887 bits per heavy atom. The van der Waals surface area contributed by atoms with Gasteiger partial charge in [0.15, 0.2) is 0 Å². The molecule has 0 aliphatic carbocycles. The van der Waals surface area contributed by atoms with Crippen molar-refractivity contribution in [3.05, 3.63) is 83.2 Å². The van der Waals surface area contributed by atoms with E-state index in [0.717, 1.165) is 44.3 Å². The standard InChI is InChI=1S/C25H31N5O5S.C12H18N2O2S/c1-25(2,3)23(31)29-21-13-19(14-26)15-28-22(21)16-35-24(32)30-10-8-18(9-11-30)12-17-4-6-20(7-5-17)36(27,33)34;13-17(15,16)12-3-1-10(2-4-12)9-11-5-7-14-8-6-11/h4-7,13,15,18H,8-12,16H2,1-3H3,(H,29,31)(H2,27,33,34);1-4,11,14H,5-9H2,(H2,13,15,16). The monoisotopic (exact) mass is 767 g/mol. The van der Waals surface area contributed by atoms with Crippen molar-refractivity contribution in [1.82, 2.24) is 15.2 Å². The molecule has 0 bridgehead atoms. The lowest BCUT2D eigenvalue weighted by Crippen LogP contribution is -2.39. The fourth-order valence-electron chi connectivity index (χ4n) is 6.01. The molecule has 53 heavy (non-hydrogen) atoms. The topological polar surface area (TPSA) is 228 Å². The van der Waals surface area contributed by atoms with E-state index >= 15 is 0 Å². The van der Waals surface area contributed by atoms with Gasteiger partial charge >= 0.3 is 6.09 Å². The number of nitriles is 1. The van der Waals surface area contributed by atoms with Crippen molar-refractivity contribution in [2.24, 2.45) is 27.5 Å². The zero-order valence-corrected chi connectivity index (χ0v) is 32.0. The van der Waals surface area contributed by atoms with Crippen LogP contribution in [0.5, 0.6) is 0 Å². The van der Waals surface area contributed by atoms with E-state index in [4.69, 9.17) is 15.0 Å². The molecule has 286 valence electrons. The van der Waals surface area contributed by atoms with Gasteiger partial charge in [-0.2, -0.15) is 5.26 Å². The van der Waals surface area contributed by atoms with Crippen LogP contribution in [0.15, 0.2) is 70.6 Å². The quantitative estimate of drug-likeness (QED) is 0.244. The Hall–Kier alpha value is -4.40. The molecule has 2 aromatic carbocycles. The number of nitrogens with zero attached hydrogens (tertiary/aromatic N) is 3. The third-order valence-corrected chi connectivity index (χ3v) is 11.1. The van der Waals surface area contributed by atoms with Crippen LogP contribution >= 0.6 is 0 Å². The maximum atomic E-state index is 12.7. The number of anilines is 1. The summed E-state index contributed by atoms with van der Waals surface area (Å²) in [5.41, 5.74) is 2.54. The Morgan fingerprint density at radius 3 is 1.83 bits per heavy atom. The molecule has 2 fully saturated rings. The molecule has 14 nitrogen and oxygen atoms in total. The lowest BCUT2D eigenvalue weighted by Gasteiger charge is -2.31.